The van der Waals surface area contributed by atoms with E-state index < -0.39 is 11.7 Å². The largest absolute Gasteiger partial charge is 0.416 e. The fourth-order valence-electron chi connectivity index (χ4n) is 1.18. The van der Waals surface area contributed by atoms with Crippen LogP contribution in [0, 0.1) is 0 Å². The normalized spacial score (nSPS) is 12.6. The molecule has 0 amide bonds. The predicted molar refractivity (Wildman–Crippen MR) is 64.9 cm³/mol. The molecule has 1 rings (SSSR count). The molecule has 0 atom stereocenters. The van der Waals surface area contributed by atoms with Crippen molar-refractivity contribution < 1.29 is 13.2 Å². The Morgan fingerprint density at radius 2 is 2.06 bits per heavy atom. The van der Waals surface area contributed by atoms with E-state index in [1.807, 2.05) is 0 Å². The summed E-state index contributed by atoms with van der Waals surface area (Å²) in [5.41, 5.74) is 4.95. The second kappa shape index (κ2) is 5.39. The number of benzene rings is 1. The lowest BCUT2D eigenvalue weighted by Crippen LogP contribution is -2.23. The molecule has 0 aliphatic heterocycles. The summed E-state index contributed by atoms with van der Waals surface area (Å²) in [6.07, 6.45) is -4.39. The van der Waals surface area contributed by atoms with Crippen molar-refractivity contribution >= 4 is 27.6 Å². The highest BCUT2D eigenvalue weighted by atomic mass is 79.9. The molecule has 0 saturated carbocycles. The van der Waals surface area contributed by atoms with Crippen LogP contribution in [-0.2, 0) is 6.18 Å². The van der Waals surface area contributed by atoms with Gasteiger partial charge in [0.2, 0.25) is 0 Å². The van der Waals surface area contributed by atoms with Crippen molar-refractivity contribution in [3.63, 3.8) is 0 Å². The summed E-state index contributed by atoms with van der Waals surface area (Å²) in [4.78, 5) is 3.83. The Kier molecular flexibility index (Phi) is 4.39. The Morgan fingerprint density at radius 3 is 2.59 bits per heavy atom. The lowest BCUT2D eigenvalue weighted by molar-refractivity contribution is -0.137. The fourth-order valence-corrected chi connectivity index (χ4v) is 1.68. The molecule has 1 aromatic rings. The quantitative estimate of drug-likeness (QED) is 0.651. The number of alkyl halides is 3. The van der Waals surface area contributed by atoms with E-state index in [0.29, 0.717) is 11.0 Å². The van der Waals surface area contributed by atoms with Gasteiger partial charge in [0.25, 0.3) is 0 Å². The number of nitrogens with one attached hydrogen (secondary N) is 1. The van der Waals surface area contributed by atoms with Crippen LogP contribution in [0.5, 0.6) is 0 Å². The van der Waals surface area contributed by atoms with Gasteiger partial charge in [0.05, 0.1) is 5.56 Å². The van der Waals surface area contributed by atoms with Crippen molar-refractivity contribution in [3.05, 3.63) is 28.2 Å². The number of nitrogens with two attached hydrogens (primary N) is 1. The minimum atomic E-state index is -4.39. The third kappa shape index (κ3) is 4.26. The van der Waals surface area contributed by atoms with Gasteiger partial charge in [0.1, 0.15) is 0 Å². The molecule has 3 N–H and O–H groups in total. The van der Waals surface area contributed by atoms with Crippen molar-refractivity contribution in [1.82, 2.24) is 0 Å². The van der Waals surface area contributed by atoms with Crippen LogP contribution in [0.2, 0.25) is 0 Å². The average molecular weight is 310 g/mol. The number of hydrogen-bond acceptors (Lipinski definition) is 1. The smallest absolute Gasteiger partial charge is 0.370 e. The molecule has 0 radical (unpaired) electrons. The maximum atomic E-state index is 12.5. The molecular formula is C10H11BrF3N3. The molecule has 94 valence electrons. The van der Waals surface area contributed by atoms with Crippen LogP contribution in [0.25, 0.3) is 0 Å². The highest BCUT2D eigenvalue weighted by molar-refractivity contribution is 9.10. The number of hydrogen-bond donors (Lipinski definition) is 2. The monoisotopic (exact) mass is 309 g/mol. The van der Waals surface area contributed by atoms with E-state index in [4.69, 9.17) is 5.73 Å². The first-order valence-electron chi connectivity index (χ1n) is 4.77. The summed E-state index contributed by atoms with van der Waals surface area (Å²) < 4.78 is 37.9. The Hall–Kier alpha value is -1.24. The van der Waals surface area contributed by atoms with E-state index >= 15 is 0 Å². The van der Waals surface area contributed by atoms with Crippen molar-refractivity contribution in [1.29, 1.82) is 0 Å². The van der Waals surface area contributed by atoms with Crippen LogP contribution >= 0.6 is 15.9 Å². The first kappa shape index (κ1) is 13.8. The second-order valence-electron chi connectivity index (χ2n) is 3.21. The van der Waals surface area contributed by atoms with Crippen LogP contribution in [0.15, 0.2) is 27.7 Å². The van der Waals surface area contributed by atoms with Crippen LogP contribution in [-0.4, -0.2) is 12.5 Å². The van der Waals surface area contributed by atoms with Crippen LogP contribution < -0.4 is 11.1 Å². The predicted octanol–water partition coefficient (Wildman–Crippen LogP) is 3.21. The number of halogens is 4. The van der Waals surface area contributed by atoms with E-state index in [2.05, 4.69) is 26.2 Å². The van der Waals surface area contributed by atoms with Crippen LogP contribution in [0.1, 0.15) is 12.5 Å². The molecule has 7 heteroatoms. The fraction of sp³-hybridized carbons (Fsp3) is 0.300. The molecule has 0 fully saturated rings. The number of guanidine groups is 1. The van der Waals surface area contributed by atoms with Gasteiger partial charge in [0, 0.05) is 16.7 Å². The van der Waals surface area contributed by atoms with Gasteiger partial charge in [-0.1, -0.05) is 15.9 Å². The molecule has 3 nitrogen and oxygen atoms in total. The maximum absolute atomic E-state index is 12.5. The molecule has 0 spiro atoms. The molecule has 0 aliphatic rings. The Bertz CT molecular complexity index is 429. The topological polar surface area (TPSA) is 50.4 Å². The summed E-state index contributed by atoms with van der Waals surface area (Å²) in [6.45, 7) is 2.23. The number of rotatable bonds is 2. The van der Waals surface area contributed by atoms with E-state index in [-0.39, 0.29) is 11.6 Å². The summed E-state index contributed by atoms with van der Waals surface area (Å²) in [5.74, 6) is 0.0822. The zero-order valence-corrected chi connectivity index (χ0v) is 10.6. The molecular weight excluding hydrogens is 299 g/mol. The number of aliphatic imine (C=N–C) groups is 1. The van der Waals surface area contributed by atoms with Gasteiger partial charge in [-0.2, -0.15) is 13.2 Å². The minimum absolute atomic E-state index is 0.0822. The summed E-state index contributed by atoms with van der Waals surface area (Å²) >= 11 is 3.01. The van der Waals surface area contributed by atoms with Crippen molar-refractivity contribution in [2.45, 2.75) is 13.1 Å². The van der Waals surface area contributed by atoms with Gasteiger partial charge in [0.15, 0.2) is 5.96 Å². The molecule has 17 heavy (non-hydrogen) atoms. The molecule has 0 aliphatic carbocycles. The lowest BCUT2D eigenvalue weighted by atomic mass is 10.2. The number of nitrogens with zero attached hydrogens (tertiary/aromatic N) is 1. The Labute approximate surface area is 105 Å². The minimum Gasteiger partial charge on any atom is -0.370 e. The van der Waals surface area contributed by atoms with E-state index in [0.717, 1.165) is 12.1 Å². The first-order valence-corrected chi connectivity index (χ1v) is 5.57. The van der Waals surface area contributed by atoms with Gasteiger partial charge in [-0.05, 0) is 25.1 Å². The third-order valence-corrected chi connectivity index (χ3v) is 2.28. The molecule has 0 unspecified atom stereocenters. The molecule has 0 bridgehead atoms. The van der Waals surface area contributed by atoms with Gasteiger partial charge in [-0.25, -0.2) is 0 Å². The highest BCUT2D eigenvalue weighted by Gasteiger charge is 2.31. The number of anilines is 1. The summed E-state index contributed by atoms with van der Waals surface area (Å²) in [6, 6.07) is 3.47. The molecule has 1 aromatic carbocycles. The van der Waals surface area contributed by atoms with Gasteiger partial charge in [-0.3, -0.25) is 4.99 Å². The molecule has 0 heterocycles. The summed E-state index contributed by atoms with van der Waals surface area (Å²) in [7, 11) is 0. The van der Waals surface area contributed by atoms with Gasteiger partial charge >= 0.3 is 6.18 Å². The maximum Gasteiger partial charge on any atom is 0.416 e. The molecule has 0 saturated heterocycles. The van der Waals surface area contributed by atoms with Crippen molar-refractivity contribution in [3.8, 4) is 0 Å². The molecule has 0 aromatic heterocycles. The summed E-state index contributed by atoms with van der Waals surface area (Å²) in [5, 5.41) is 2.59. The second-order valence-corrected chi connectivity index (χ2v) is 4.13. The van der Waals surface area contributed by atoms with Crippen LogP contribution in [0.4, 0.5) is 18.9 Å². The third-order valence-electron chi connectivity index (χ3n) is 1.83. The van der Waals surface area contributed by atoms with E-state index in [1.165, 1.54) is 6.07 Å². The average Bonchev–Trinajstić information content (AvgIpc) is 2.15. The zero-order valence-electron chi connectivity index (χ0n) is 8.98. The standard InChI is InChI=1S/C10H11BrF3N3/c1-2-16-9(15)17-8-4-6(10(12,13)14)3-7(11)5-8/h3-5H,2H2,1H3,(H3,15,16,17). The SMILES string of the molecule is CCN=C(N)Nc1cc(Br)cc(C(F)(F)F)c1. The van der Waals surface area contributed by atoms with Crippen LogP contribution in [0.3, 0.4) is 0 Å². The Morgan fingerprint density at radius 1 is 1.41 bits per heavy atom. The van der Waals surface area contributed by atoms with E-state index in [9.17, 15) is 13.2 Å². The van der Waals surface area contributed by atoms with Gasteiger partial charge < -0.3 is 11.1 Å². The zero-order chi connectivity index (χ0) is 13.1. The van der Waals surface area contributed by atoms with Crippen molar-refractivity contribution in [2.75, 3.05) is 11.9 Å². The highest BCUT2D eigenvalue weighted by Crippen LogP contribution is 2.33. The van der Waals surface area contributed by atoms with Gasteiger partial charge in [-0.15, -0.1) is 0 Å². The Balaban J connectivity index is 3.02. The van der Waals surface area contributed by atoms with E-state index in [1.54, 1.807) is 6.92 Å². The van der Waals surface area contributed by atoms with Crippen molar-refractivity contribution in [2.24, 2.45) is 10.7 Å². The lowest BCUT2D eigenvalue weighted by Gasteiger charge is -2.11. The first-order chi connectivity index (χ1) is 7.82.